The Morgan fingerprint density at radius 1 is 1.19 bits per heavy atom. The van der Waals surface area contributed by atoms with E-state index in [4.69, 9.17) is 11.6 Å². The van der Waals surface area contributed by atoms with Gasteiger partial charge in [-0.05, 0) is 37.3 Å². The average molecular weight is 448 g/mol. The van der Waals surface area contributed by atoms with Crippen molar-refractivity contribution in [3.8, 4) is 0 Å². The van der Waals surface area contributed by atoms with E-state index in [0.717, 1.165) is 18.1 Å². The van der Waals surface area contributed by atoms with E-state index in [2.05, 4.69) is 0 Å². The molecule has 3 rings (SSSR count). The highest BCUT2D eigenvalue weighted by Crippen LogP contribution is 2.40. The highest BCUT2D eigenvalue weighted by atomic mass is 35.5. The molecule has 0 radical (unpaired) electrons. The van der Waals surface area contributed by atoms with Gasteiger partial charge in [0.2, 0.25) is 5.91 Å². The van der Waals surface area contributed by atoms with Crippen LogP contribution in [0.1, 0.15) is 49.3 Å². The fourth-order valence-corrected chi connectivity index (χ4v) is 8.83. The minimum atomic E-state index is -3.32. The van der Waals surface area contributed by atoms with Gasteiger partial charge in [-0.3, -0.25) is 4.79 Å². The molecule has 0 unspecified atom stereocenters. The third kappa shape index (κ3) is 5.81. The third-order valence-corrected chi connectivity index (χ3v) is 10.7. The zero-order valence-electron chi connectivity index (χ0n) is 15.3. The van der Waals surface area contributed by atoms with Crippen LogP contribution in [0.2, 0.25) is 5.02 Å². The Balaban J connectivity index is 1.53. The number of halogens is 1. The number of amides is 1. The molecule has 4 nitrogen and oxygen atoms in total. The van der Waals surface area contributed by atoms with E-state index in [1.54, 1.807) is 23.1 Å². The summed E-state index contributed by atoms with van der Waals surface area (Å²) in [5, 5.41) is 0.597. The highest BCUT2D eigenvalue weighted by Gasteiger charge is 2.33. The molecule has 2 heterocycles. The molecule has 27 heavy (non-hydrogen) atoms. The summed E-state index contributed by atoms with van der Waals surface area (Å²) in [5.41, 5.74) is 0.653. The van der Waals surface area contributed by atoms with Gasteiger partial charge in [0.25, 0.3) is 0 Å². The number of sulfone groups is 1. The maximum Gasteiger partial charge on any atom is 0.222 e. The van der Waals surface area contributed by atoms with E-state index in [1.807, 2.05) is 27.7 Å². The fourth-order valence-electron chi connectivity index (χ4n) is 3.65. The molecule has 2 saturated heterocycles. The van der Waals surface area contributed by atoms with Crippen molar-refractivity contribution in [2.75, 3.05) is 24.6 Å². The van der Waals surface area contributed by atoms with Crippen molar-refractivity contribution >= 4 is 48.9 Å². The van der Waals surface area contributed by atoms with Gasteiger partial charge in [0.05, 0.1) is 11.0 Å². The second kappa shape index (κ2) is 9.90. The summed E-state index contributed by atoms with van der Waals surface area (Å²) in [4.78, 5) is 14.3. The van der Waals surface area contributed by atoms with Crippen molar-refractivity contribution in [2.24, 2.45) is 0 Å². The maximum absolute atomic E-state index is 12.7. The molecule has 0 N–H and O–H groups in total. The van der Waals surface area contributed by atoms with E-state index in [9.17, 15) is 13.2 Å². The predicted octanol–water partition coefficient (Wildman–Crippen LogP) is 4.74. The first-order valence-electron chi connectivity index (χ1n) is 9.49. The van der Waals surface area contributed by atoms with Gasteiger partial charge < -0.3 is 4.90 Å². The van der Waals surface area contributed by atoms with E-state index in [-0.39, 0.29) is 18.2 Å². The molecule has 1 amide bonds. The van der Waals surface area contributed by atoms with Gasteiger partial charge in [-0.1, -0.05) is 57.8 Å². The average Bonchev–Trinajstić information content (AvgIpc) is 3.10. The second-order valence-corrected chi connectivity index (χ2v) is 12.6. The number of carbonyl (C=O) groups excluding carboxylic acids is 1. The summed E-state index contributed by atoms with van der Waals surface area (Å²) in [6.07, 6.45) is 5.33. The standard InChI is InChI=1S/C19H26ClNO3S3/c20-17-7-3-2-6-16(17)18-9-11-21(12-14-27(18,23)24)19(22)8-4-1-5-15-10-13-25-26-15/h2-3,6-7,15,18H,1,4-5,8-14H2/t15-,18+/m0/s1. The Bertz CT molecular complexity index is 750. The molecule has 2 aliphatic rings. The summed E-state index contributed by atoms with van der Waals surface area (Å²) in [5.74, 6) is 1.33. The molecule has 0 saturated carbocycles. The lowest BCUT2D eigenvalue weighted by Crippen LogP contribution is -2.33. The van der Waals surface area contributed by atoms with Crippen LogP contribution in [0.15, 0.2) is 24.3 Å². The van der Waals surface area contributed by atoms with Crippen LogP contribution in [0, 0.1) is 0 Å². The van der Waals surface area contributed by atoms with Crippen molar-refractivity contribution in [1.82, 2.24) is 4.90 Å². The normalized spacial score (nSPS) is 25.3. The van der Waals surface area contributed by atoms with E-state index in [0.29, 0.717) is 30.0 Å². The number of nitrogens with zero attached hydrogens (tertiary/aromatic N) is 1. The molecule has 0 aliphatic carbocycles. The molecule has 2 atom stereocenters. The second-order valence-electron chi connectivity index (χ2n) is 7.12. The Hall–Kier alpha value is -0.370. The topological polar surface area (TPSA) is 54.5 Å². The minimum Gasteiger partial charge on any atom is -0.342 e. The lowest BCUT2D eigenvalue weighted by Gasteiger charge is -2.20. The molecule has 2 fully saturated rings. The van der Waals surface area contributed by atoms with Crippen LogP contribution < -0.4 is 0 Å². The Kier molecular flexibility index (Phi) is 7.83. The van der Waals surface area contributed by atoms with Crippen LogP contribution in [-0.4, -0.2) is 49.1 Å². The van der Waals surface area contributed by atoms with Crippen LogP contribution in [0.25, 0.3) is 0 Å². The molecule has 1 aromatic carbocycles. The summed E-state index contributed by atoms with van der Waals surface area (Å²) >= 11 is 6.23. The smallest absolute Gasteiger partial charge is 0.222 e. The van der Waals surface area contributed by atoms with Gasteiger partial charge in [-0.25, -0.2) is 8.42 Å². The number of hydrogen-bond donors (Lipinski definition) is 0. The van der Waals surface area contributed by atoms with Gasteiger partial charge in [-0.2, -0.15) is 0 Å². The number of rotatable bonds is 6. The highest BCUT2D eigenvalue weighted by molar-refractivity contribution is 8.77. The Labute approximate surface area is 175 Å². The quantitative estimate of drug-likeness (QED) is 0.465. The number of unbranched alkanes of at least 4 members (excludes halogenated alkanes) is 1. The largest absolute Gasteiger partial charge is 0.342 e. The lowest BCUT2D eigenvalue weighted by atomic mass is 10.1. The molecule has 1 aromatic rings. The Morgan fingerprint density at radius 2 is 2.00 bits per heavy atom. The molecule has 0 spiro atoms. The molecule has 0 bridgehead atoms. The van der Waals surface area contributed by atoms with Crippen LogP contribution >= 0.6 is 33.2 Å². The molecule has 150 valence electrons. The van der Waals surface area contributed by atoms with Gasteiger partial charge in [0, 0.05) is 35.5 Å². The van der Waals surface area contributed by atoms with Crippen molar-refractivity contribution in [3.05, 3.63) is 34.9 Å². The number of benzene rings is 1. The first-order valence-corrected chi connectivity index (χ1v) is 14.0. The summed E-state index contributed by atoms with van der Waals surface area (Å²) in [7, 11) is 0.599. The van der Waals surface area contributed by atoms with Crippen molar-refractivity contribution in [1.29, 1.82) is 0 Å². The predicted molar refractivity (Wildman–Crippen MR) is 116 cm³/mol. The molecular weight excluding hydrogens is 422 g/mol. The summed E-state index contributed by atoms with van der Waals surface area (Å²) < 4.78 is 25.5. The zero-order valence-corrected chi connectivity index (χ0v) is 18.5. The monoisotopic (exact) mass is 447 g/mol. The molecular formula is C19H26ClNO3S3. The van der Waals surface area contributed by atoms with E-state index in [1.165, 1.54) is 18.6 Å². The van der Waals surface area contributed by atoms with Crippen molar-refractivity contribution < 1.29 is 13.2 Å². The summed E-state index contributed by atoms with van der Waals surface area (Å²) in [6.45, 7) is 0.764. The van der Waals surface area contributed by atoms with E-state index < -0.39 is 15.1 Å². The zero-order chi connectivity index (χ0) is 19.3. The lowest BCUT2D eigenvalue weighted by molar-refractivity contribution is -0.131. The molecule has 0 aromatic heterocycles. The van der Waals surface area contributed by atoms with Crippen LogP contribution in [0.5, 0.6) is 0 Å². The van der Waals surface area contributed by atoms with Crippen molar-refractivity contribution in [3.63, 3.8) is 0 Å². The number of carbonyl (C=O) groups is 1. The molecule has 2 aliphatic heterocycles. The third-order valence-electron chi connectivity index (χ3n) is 5.24. The van der Waals surface area contributed by atoms with Gasteiger partial charge in [0.1, 0.15) is 0 Å². The SMILES string of the molecule is O=C(CCCC[C@H]1CCSS1)N1CC[C@H](c2ccccc2Cl)S(=O)(=O)CC1. The van der Waals surface area contributed by atoms with Crippen LogP contribution in [0.4, 0.5) is 0 Å². The van der Waals surface area contributed by atoms with Crippen molar-refractivity contribution in [2.45, 2.75) is 49.0 Å². The number of hydrogen-bond acceptors (Lipinski definition) is 5. The van der Waals surface area contributed by atoms with E-state index >= 15 is 0 Å². The maximum atomic E-state index is 12.7. The minimum absolute atomic E-state index is 0.00453. The summed E-state index contributed by atoms with van der Waals surface area (Å²) in [6, 6.07) is 7.11. The van der Waals surface area contributed by atoms with Gasteiger partial charge >= 0.3 is 0 Å². The van der Waals surface area contributed by atoms with Crippen LogP contribution in [0.3, 0.4) is 0 Å². The molecule has 8 heteroatoms. The van der Waals surface area contributed by atoms with Gasteiger partial charge in [-0.15, -0.1) is 0 Å². The van der Waals surface area contributed by atoms with Crippen LogP contribution in [-0.2, 0) is 14.6 Å². The fraction of sp³-hybridized carbons (Fsp3) is 0.632. The Morgan fingerprint density at radius 3 is 2.74 bits per heavy atom. The first kappa shape index (κ1) is 21.3. The first-order chi connectivity index (χ1) is 13.0. The van der Waals surface area contributed by atoms with Gasteiger partial charge in [0.15, 0.2) is 9.84 Å².